The molecule has 6 nitrogen and oxygen atoms in total. The number of halogens is 1. The van der Waals surface area contributed by atoms with Gasteiger partial charge in [0.05, 0.1) is 0 Å². The third-order valence-electron chi connectivity index (χ3n) is 5.21. The van der Waals surface area contributed by atoms with Crippen LogP contribution in [0, 0.1) is 6.92 Å². The normalized spacial score (nSPS) is 10.8. The maximum Gasteiger partial charge on any atom is 0.254 e. The molecule has 4 aromatic rings. The van der Waals surface area contributed by atoms with Gasteiger partial charge in [-0.3, -0.25) is 4.79 Å². The van der Waals surface area contributed by atoms with Crippen molar-refractivity contribution in [2.24, 2.45) is 0 Å². The molecule has 3 aromatic carbocycles. The molecule has 0 unspecified atom stereocenters. The molecule has 0 atom stereocenters. The standard InChI is InChI=1S/C26H24ClN3O3/c1-3-30(16-24-28-25(29-33-24)19-13-11-18(2)12-14-19)26(31)20-8-6-9-22(15-20)32-17-21-7-4-5-10-23(21)27/h4-15H,3,16-17H2,1-2H3. The number of hydrogen-bond acceptors (Lipinski definition) is 5. The summed E-state index contributed by atoms with van der Waals surface area (Å²) in [6, 6.07) is 22.5. The summed E-state index contributed by atoms with van der Waals surface area (Å²) < 4.78 is 11.3. The van der Waals surface area contributed by atoms with Crippen molar-refractivity contribution in [2.45, 2.75) is 27.0 Å². The summed E-state index contributed by atoms with van der Waals surface area (Å²) in [5, 5.41) is 4.70. The molecule has 0 aliphatic rings. The highest BCUT2D eigenvalue weighted by atomic mass is 35.5. The topological polar surface area (TPSA) is 68.5 Å². The third kappa shape index (κ3) is 5.59. The summed E-state index contributed by atoms with van der Waals surface area (Å²) in [7, 11) is 0. The second kappa shape index (κ2) is 10.3. The van der Waals surface area contributed by atoms with Gasteiger partial charge in [0, 0.05) is 28.3 Å². The van der Waals surface area contributed by atoms with E-state index in [0.29, 0.717) is 41.2 Å². The molecular weight excluding hydrogens is 438 g/mol. The van der Waals surface area contributed by atoms with Crippen LogP contribution in [0.25, 0.3) is 11.4 Å². The number of benzene rings is 3. The Kier molecular flexibility index (Phi) is 7.05. The molecule has 168 valence electrons. The highest BCUT2D eigenvalue weighted by Gasteiger charge is 2.19. The van der Waals surface area contributed by atoms with Crippen molar-refractivity contribution in [1.82, 2.24) is 15.0 Å². The Balaban J connectivity index is 1.43. The Labute approximate surface area is 197 Å². The van der Waals surface area contributed by atoms with Crippen molar-refractivity contribution in [1.29, 1.82) is 0 Å². The maximum atomic E-state index is 13.1. The minimum Gasteiger partial charge on any atom is -0.489 e. The van der Waals surface area contributed by atoms with Crippen LogP contribution in [0.4, 0.5) is 0 Å². The van der Waals surface area contributed by atoms with Crippen molar-refractivity contribution < 1.29 is 14.1 Å². The van der Waals surface area contributed by atoms with Crippen molar-refractivity contribution in [2.75, 3.05) is 6.54 Å². The van der Waals surface area contributed by atoms with Gasteiger partial charge in [0.15, 0.2) is 0 Å². The predicted octanol–water partition coefficient (Wildman–Crippen LogP) is 5.94. The lowest BCUT2D eigenvalue weighted by Crippen LogP contribution is -2.30. The SMILES string of the molecule is CCN(Cc1nc(-c2ccc(C)cc2)no1)C(=O)c1cccc(OCc2ccccc2Cl)c1. The summed E-state index contributed by atoms with van der Waals surface area (Å²) in [4.78, 5) is 19.2. The second-order valence-electron chi connectivity index (χ2n) is 7.60. The van der Waals surface area contributed by atoms with Crippen LogP contribution in [0.1, 0.15) is 34.3 Å². The Hall–Kier alpha value is -3.64. The number of rotatable bonds is 8. The zero-order valence-electron chi connectivity index (χ0n) is 18.5. The average Bonchev–Trinajstić information content (AvgIpc) is 3.31. The van der Waals surface area contributed by atoms with E-state index in [-0.39, 0.29) is 12.5 Å². The third-order valence-corrected chi connectivity index (χ3v) is 5.57. The van der Waals surface area contributed by atoms with E-state index < -0.39 is 0 Å². The van der Waals surface area contributed by atoms with Crippen molar-refractivity contribution in [3.8, 4) is 17.1 Å². The molecule has 0 bridgehead atoms. The number of carbonyl (C=O) groups is 1. The van der Waals surface area contributed by atoms with Crippen LogP contribution >= 0.6 is 11.6 Å². The fourth-order valence-electron chi connectivity index (χ4n) is 3.31. The number of hydrogen-bond donors (Lipinski definition) is 0. The lowest BCUT2D eigenvalue weighted by atomic mass is 10.1. The molecule has 1 heterocycles. The molecule has 0 aliphatic heterocycles. The van der Waals surface area contributed by atoms with Crippen LogP contribution in [-0.4, -0.2) is 27.5 Å². The highest BCUT2D eigenvalue weighted by Crippen LogP contribution is 2.21. The van der Waals surface area contributed by atoms with E-state index in [2.05, 4.69) is 10.1 Å². The Morgan fingerprint density at radius 1 is 1.06 bits per heavy atom. The summed E-state index contributed by atoms with van der Waals surface area (Å²) in [5.41, 5.74) is 3.43. The lowest BCUT2D eigenvalue weighted by Gasteiger charge is -2.19. The van der Waals surface area contributed by atoms with Gasteiger partial charge in [-0.2, -0.15) is 4.98 Å². The number of aromatic nitrogens is 2. The molecule has 1 aromatic heterocycles. The fourth-order valence-corrected chi connectivity index (χ4v) is 3.50. The van der Waals surface area contributed by atoms with Gasteiger partial charge in [-0.15, -0.1) is 0 Å². The summed E-state index contributed by atoms with van der Waals surface area (Å²) >= 11 is 6.20. The average molecular weight is 462 g/mol. The first-order valence-corrected chi connectivity index (χ1v) is 11.1. The van der Waals surface area contributed by atoms with Crippen LogP contribution in [0.2, 0.25) is 5.02 Å². The Bertz CT molecular complexity index is 1240. The quantitative estimate of drug-likeness (QED) is 0.325. The monoisotopic (exact) mass is 461 g/mol. The summed E-state index contributed by atoms with van der Waals surface area (Å²) in [6.45, 7) is 4.96. The van der Waals surface area contributed by atoms with Crippen molar-refractivity contribution in [3.63, 3.8) is 0 Å². The van der Waals surface area contributed by atoms with Crippen LogP contribution in [0.3, 0.4) is 0 Å². The number of amides is 1. The van der Waals surface area contributed by atoms with E-state index in [1.165, 1.54) is 0 Å². The van der Waals surface area contributed by atoms with E-state index in [0.717, 1.165) is 16.7 Å². The van der Waals surface area contributed by atoms with E-state index >= 15 is 0 Å². The molecule has 0 fully saturated rings. The molecule has 7 heteroatoms. The van der Waals surface area contributed by atoms with Gasteiger partial charge in [-0.25, -0.2) is 0 Å². The lowest BCUT2D eigenvalue weighted by molar-refractivity contribution is 0.0734. The van der Waals surface area contributed by atoms with Crippen molar-refractivity contribution in [3.05, 3.63) is 100 Å². The minimum absolute atomic E-state index is 0.143. The van der Waals surface area contributed by atoms with Gasteiger partial charge in [-0.1, -0.05) is 70.9 Å². The molecular formula is C26H24ClN3O3. The molecule has 0 saturated carbocycles. The molecule has 0 spiro atoms. The molecule has 0 saturated heterocycles. The van der Waals surface area contributed by atoms with Crippen LogP contribution in [-0.2, 0) is 13.2 Å². The van der Waals surface area contributed by atoms with Gasteiger partial charge >= 0.3 is 0 Å². The van der Waals surface area contributed by atoms with Crippen LogP contribution in [0.15, 0.2) is 77.3 Å². The van der Waals surface area contributed by atoms with Crippen molar-refractivity contribution >= 4 is 17.5 Å². The predicted molar refractivity (Wildman–Crippen MR) is 127 cm³/mol. The zero-order valence-corrected chi connectivity index (χ0v) is 19.2. The number of carbonyl (C=O) groups excluding carboxylic acids is 1. The molecule has 0 N–H and O–H groups in total. The number of ether oxygens (including phenoxy) is 1. The Morgan fingerprint density at radius 2 is 1.85 bits per heavy atom. The van der Waals surface area contributed by atoms with Gasteiger partial charge in [0.1, 0.15) is 18.9 Å². The van der Waals surface area contributed by atoms with E-state index in [9.17, 15) is 4.79 Å². The molecule has 0 aliphatic carbocycles. The van der Waals surface area contributed by atoms with Gasteiger partial charge in [0.2, 0.25) is 11.7 Å². The second-order valence-corrected chi connectivity index (χ2v) is 8.01. The van der Waals surface area contributed by atoms with Gasteiger partial charge in [0.25, 0.3) is 5.91 Å². The first-order chi connectivity index (χ1) is 16.0. The molecule has 1 amide bonds. The molecule has 33 heavy (non-hydrogen) atoms. The highest BCUT2D eigenvalue weighted by molar-refractivity contribution is 6.31. The largest absolute Gasteiger partial charge is 0.489 e. The maximum absolute atomic E-state index is 13.1. The number of nitrogens with zero attached hydrogens (tertiary/aromatic N) is 3. The van der Waals surface area contributed by atoms with E-state index in [1.54, 1.807) is 23.1 Å². The molecule has 0 radical (unpaired) electrons. The first-order valence-electron chi connectivity index (χ1n) is 10.7. The first kappa shape index (κ1) is 22.6. The summed E-state index contributed by atoms with van der Waals surface area (Å²) in [5.74, 6) is 1.34. The minimum atomic E-state index is -0.143. The smallest absolute Gasteiger partial charge is 0.254 e. The molecule has 4 rings (SSSR count). The zero-order chi connectivity index (χ0) is 23.2. The number of aryl methyl sites for hydroxylation is 1. The fraction of sp³-hybridized carbons (Fsp3) is 0.192. The summed E-state index contributed by atoms with van der Waals surface area (Å²) in [6.07, 6.45) is 0. The Morgan fingerprint density at radius 3 is 2.61 bits per heavy atom. The van der Waals surface area contributed by atoms with Crippen LogP contribution in [0.5, 0.6) is 5.75 Å². The van der Waals surface area contributed by atoms with Gasteiger partial charge in [-0.05, 0) is 38.1 Å². The van der Waals surface area contributed by atoms with E-state index in [4.69, 9.17) is 20.9 Å². The van der Waals surface area contributed by atoms with E-state index in [1.807, 2.05) is 68.4 Å². The van der Waals surface area contributed by atoms with Crippen LogP contribution < -0.4 is 4.74 Å². The van der Waals surface area contributed by atoms with Gasteiger partial charge < -0.3 is 14.2 Å².